The van der Waals surface area contributed by atoms with Crippen LogP contribution in [0, 0.1) is 0 Å². The van der Waals surface area contributed by atoms with E-state index in [1.165, 1.54) is 39.0 Å². The Kier molecular flexibility index (Phi) is 2.86. The topological polar surface area (TPSA) is 18.5 Å². The molecule has 0 aromatic rings. The molecule has 2 heterocycles. The minimum absolute atomic E-state index is 0.788. The molecule has 0 radical (unpaired) electrons. The molecule has 13 heavy (non-hydrogen) atoms. The molecule has 76 valence electrons. The van der Waals surface area contributed by atoms with Gasteiger partial charge in [0.2, 0.25) is 0 Å². The van der Waals surface area contributed by atoms with Gasteiger partial charge in [-0.05, 0) is 40.0 Å². The van der Waals surface area contributed by atoms with Crippen molar-refractivity contribution in [2.45, 2.75) is 24.9 Å². The standard InChI is InChI=1S/C10H21N3/c1-12-6-4-10(8-12)13(2)9-3-5-11-7-9/h9-11H,3-8H2,1-2H3/t9-,10+/m1/s1. The van der Waals surface area contributed by atoms with Gasteiger partial charge in [0.05, 0.1) is 0 Å². The number of rotatable bonds is 2. The summed E-state index contributed by atoms with van der Waals surface area (Å²) in [7, 11) is 4.52. The zero-order chi connectivity index (χ0) is 9.26. The summed E-state index contributed by atoms with van der Waals surface area (Å²) in [4.78, 5) is 5.02. The second kappa shape index (κ2) is 3.95. The third-order valence-electron chi connectivity index (χ3n) is 3.55. The smallest absolute Gasteiger partial charge is 0.0235 e. The average molecular weight is 183 g/mol. The van der Waals surface area contributed by atoms with Crippen molar-refractivity contribution in [1.82, 2.24) is 15.1 Å². The maximum Gasteiger partial charge on any atom is 0.0235 e. The molecule has 0 aliphatic carbocycles. The molecule has 3 nitrogen and oxygen atoms in total. The third-order valence-corrected chi connectivity index (χ3v) is 3.55. The molecule has 0 amide bonds. The van der Waals surface area contributed by atoms with E-state index in [2.05, 4.69) is 29.2 Å². The van der Waals surface area contributed by atoms with Crippen molar-refractivity contribution in [3.8, 4) is 0 Å². The van der Waals surface area contributed by atoms with Gasteiger partial charge >= 0.3 is 0 Å². The van der Waals surface area contributed by atoms with Gasteiger partial charge < -0.3 is 10.2 Å². The molecule has 2 atom stereocenters. The quantitative estimate of drug-likeness (QED) is 0.649. The lowest BCUT2D eigenvalue weighted by atomic mass is 10.1. The molecule has 2 rings (SSSR count). The maximum absolute atomic E-state index is 3.43. The van der Waals surface area contributed by atoms with Crippen LogP contribution in [-0.4, -0.2) is 62.2 Å². The van der Waals surface area contributed by atoms with E-state index in [0.29, 0.717) is 0 Å². The fraction of sp³-hybridized carbons (Fsp3) is 1.00. The number of hydrogen-bond acceptors (Lipinski definition) is 3. The van der Waals surface area contributed by atoms with Gasteiger partial charge in [-0.1, -0.05) is 0 Å². The first-order chi connectivity index (χ1) is 6.27. The van der Waals surface area contributed by atoms with Crippen molar-refractivity contribution in [3.63, 3.8) is 0 Å². The van der Waals surface area contributed by atoms with Gasteiger partial charge in [0.1, 0.15) is 0 Å². The first kappa shape index (κ1) is 9.44. The summed E-state index contributed by atoms with van der Waals surface area (Å²) in [5.74, 6) is 0. The van der Waals surface area contributed by atoms with Gasteiger partial charge in [0, 0.05) is 25.2 Å². The lowest BCUT2D eigenvalue weighted by Gasteiger charge is -2.29. The highest BCUT2D eigenvalue weighted by Gasteiger charge is 2.29. The van der Waals surface area contributed by atoms with Crippen molar-refractivity contribution in [2.24, 2.45) is 0 Å². The van der Waals surface area contributed by atoms with Gasteiger partial charge in [-0.3, -0.25) is 4.90 Å². The van der Waals surface area contributed by atoms with Crippen LogP contribution in [0.5, 0.6) is 0 Å². The highest BCUT2D eigenvalue weighted by atomic mass is 15.3. The monoisotopic (exact) mass is 183 g/mol. The highest BCUT2D eigenvalue weighted by Crippen LogP contribution is 2.17. The summed E-state index contributed by atoms with van der Waals surface area (Å²) in [6.07, 6.45) is 2.68. The first-order valence-electron chi connectivity index (χ1n) is 5.38. The number of likely N-dealkylation sites (N-methyl/N-ethyl adjacent to an activating group) is 2. The van der Waals surface area contributed by atoms with Crippen LogP contribution in [-0.2, 0) is 0 Å². The molecule has 0 unspecified atom stereocenters. The lowest BCUT2D eigenvalue weighted by Crippen LogP contribution is -2.42. The normalized spacial score (nSPS) is 36.2. The maximum atomic E-state index is 3.43. The van der Waals surface area contributed by atoms with Gasteiger partial charge in [-0.25, -0.2) is 0 Å². The Morgan fingerprint density at radius 2 is 2.15 bits per heavy atom. The van der Waals surface area contributed by atoms with Crippen molar-refractivity contribution in [2.75, 3.05) is 40.3 Å². The molecule has 0 spiro atoms. The van der Waals surface area contributed by atoms with E-state index in [1.807, 2.05) is 0 Å². The molecule has 0 aromatic carbocycles. The molecule has 0 bridgehead atoms. The van der Waals surface area contributed by atoms with Crippen LogP contribution in [0.4, 0.5) is 0 Å². The van der Waals surface area contributed by atoms with Crippen LogP contribution in [0.15, 0.2) is 0 Å². The van der Waals surface area contributed by atoms with Gasteiger partial charge in [0.25, 0.3) is 0 Å². The lowest BCUT2D eigenvalue weighted by molar-refractivity contribution is 0.185. The van der Waals surface area contributed by atoms with E-state index in [-0.39, 0.29) is 0 Å². The Bertz CT molecular complexity index is 166. The fourth-order valence-electron chi connectivity index (χ4n) is 2.53. The van der Waals surface area contributed by atoms with Crippen LogP contribution in [0.25, 0.3) is 0 Å². The minimum atomic E-state index is 0.788. The summed E-state index contributed by atoms with van der Waals surface area (Å²) in [6, 6.07) is 1.59. The summed E-state index contributed by atoms with van der Waals surface area (Å²) >= 11 is 0. The van der Waals surface area contributed by atoms with Crippen LogP contribution >= 0.6 is 0 Å². The molecule has 2 saturated heterocycles. The summed E-state index contributed by atoms with van der Waals surface area (Å²) in [5, 5.41) is 3.43. The first-order valence-corrected chi connectivity index (χ1v) is 5.38. The molecule has 3 heteroatoms. The predicted molar refractivity (Wildman–Crippen MR) is 54.9 cm³/mol. The number of nitrogens with one attached hydrogen (secondary N) is 1. The Morgan fingerprint density at radius 1 is 1.31 bits per heavy atom. The summed E-state index contributed by atoms with van der Waals surface area (Å²) in [5.41, 5.74) is 0. The van der Waals surface area contributed by atoms with Crippen molar-refractivity contribution >= 4 is 0 Å². The Hall–Kier alpha value is -0.120. The Balaban J connectivity index is 1.85. The molecule has 1 N–H and O–H groups in total. The van der Waals surface area contributed by atoms with E-state index in [0.717, 1.165) is 12.1 Å². The number of likely N-dealkylation sites (tertiary alicyclic amines) is 1. The van der Waals surface area contributed by atoms with Gasteiger partial charge in [-0.2, -0.15) is 0 Å². The van der Waals surface area contributed by atoms with Crippen molar-refractivity contribution in [1.29, 1.82) is 0 Å². The van der Waals surface area contributed by atoms with E-state index in [9.17, 15) is 0 Å². The van der Waals surface area contributed by atoms with Crippen LogP contribution in [0.2, 0.25) is 0 Å². The molecular weight excluding hydrogens is 162 g/mol. The number of hydrogen-bond donors (Lipinski definition) is 1. The molecule has 0 saturated carbocycles. The van der Waals surface area contributed by atoms with E-state index in [4.69, 9.17) is 0 Å². The van der Waals surface area contributed by atoms with Gasteiger partial charge in [-0.15, -0.1) is 0 Å². The minimum Gasteiger partial charge on any atom is -0.315 e. The largest absolute Gasteiger partial charge is 0.315 e. The molecular formula is C10H21N3. The highest BCUT2D eigenvalue weighted by molar-refractivity contribution is 4.87. The predicted octanol–water partition coefficient (Wildman–Crippen LogP) is -0.0158. The third kappa shape index (κ3) is 2.03. The van der Waals surface area contributed by atoms with E-state index < -0.39 is 0 Å². The summed E-state index contributed by atoms with van der Waals surface area (Å²) in [6.45, 7) is 4.93. The second-order valence-electron chi connectivity index (χ2n) is 4.52. The fourth-order valence-corrected chi connectivity index (χ4v) is 2.53. The van der Waals surface area contributed by atoms with Crippen LogP contribution in [0.1, 0.15) is 12.8 Å². The number of nitrogens with zero attached hydrogens (tertiary/aromatic N) is 2. The SMILES string of the molecule is CN1CC[C@H](N(C)[C@@H]2CCNC2)C1. The van der Waals surface area contributed by atoms with E-state index in [1.54, 1.807) is 0 Å². The molecule has 2 aliphatic heterocycles. The average Bonchev–Trinajstić information content (AvgIpc) is 2.72. The zero-order valence-electron chi connectivity index (χ0n) is 8.79. The van der Waals surface area contributed by atoms with Crippen molar-refractivity contribution in [3.05, 3.63) is 0 Å². The molecule has 2 aliphatic rings. The van der Waals surface area contributed by atoms with Crippen LogP contribution < -0.4 is 5.32 Å². The Morgan fingerprint density at radius 3 is 2.69 bits per heavy atom. The van der Waals surface area contributed by atoms with Crippen LogP contribution in [0.3, 0.4) is 0 Å². The van der Waals surface area contributed by atoms with Gasteiger partial charge in [0.15, 0.2) is 0 Å². The Labute approximate surface area is 81.1 Å². The molecule has 0 aromatic heterocycles. The zero-order valence-corrected chi connectivity index (χ0v) is 8.79. The second-order valence-corrected chi connectivity index (χ2v) is 4.52. The van der Waals surface area contributed by atoms with Crippen molar-refractivity contribution < 1.29 is 0 Å². The summed E-state index contributed by atoms with van der Waals surface area (Å²) < 4.78 is 0. The molecule has 2 fully saturated rings. The van der Waals surface area contributed by atoms with E-state index >= 15 is 0 Å².